The summed E-state index contributed by atoms with van der Waals surface area (Å²) >= 11 is 0. The Morgan fingerprint density at radius 2 is 1.86 bits per heavy atom. The fourth-order valence-electron chi connectivity index (χ4n) is 3.59. The number of aliphatic hydroxyl groups is 1. The van der Waals surface area contributed by atoms with E-state index in [0.29, 0.717) is 17.2 Å². The molecule has 10 nitrogen and oxygen atoms in total. The molecule has 1 amide bonds. The quantitative estimate of drug-likeness (QED) is 0.320. The molecule has 192 valence electrons. The van der Waals surface area contributed by atoms with Crippen molar-refractivity contribution < 1.29 is 27.9 Å². The van der Waals surface area contributed by atoms with Gasteiger partial charge in [-0.3, -0.25) is 19.6 Å². The number of nitrogen functional groups attached to an aromatic ring is 1. The lowest BCUT2D eigenvalue weighted by atomic mass is 10.1. The fourth-order valence-corrected chi connectivity index (χ4v) is 3.59. The van der Waals surface area contributed by atoms with Crippen LogP contribution in [0.5, 0.6) is 0 Å². The van der Waals surface area contributed by atoms with Crippen LogP contribution in [0.2, 0.25) is 0 Å². The topological polar surface area (TPSA) is 149 Å². The molecule has 0 bridgehead atoms. The molecule has 37 heavy (non-hydrogen) atoms. The van der Waals surface area contributed by atoms with Crippen LogP contribution in [0, 0.1) is 0 Å². The highest BCUT2D eigenvalue weighted by atomic mass is 19.4. The molecule has 0 aliphatic heterocycles. The number of fused-ring (bicyclic) bond motifs is 1. The van der Waals surface area contributed by atoms with Crippen LogP contribution in [0.25, 0.3) is 11.0 Å². The van der Waals surface area contributed by atoms with Crippen molar-refractivity contribution in [3.05, 3.63) is 71.6 Å². The molecule has 0 saturated heterocycles. The maximum atomic E-state index is 13.4. The number of amides is 1. The summed E-state index contributed by atoms with van der Waals surface area (Å²) in [5, 5.41) is 12.8. The number of pyridine rings is 2. The van der Waals surface area contributed by atoms with Crippen LogP contribution in [0.3, 0.4) is 0 Å². The van der Waals surface area contributed by atoms with Crippen LogP contribution in [0.1, 0.15) is 41.0 Å². The third-order valence-electron chi connectivity index (χ3n) is 5.63. The first-order valence-corrected chi connectivity index (χ1v) is 11.0. The van der Waals surface area contributed by atoms with E-state index < -0.39 is 29.0 Å². The molecule has 4 rings (SSSR count). The standard InChI is InChI=1S/C24H22F3N7O3/c1-23(2,12-35)34-11-18(17-10-31-22(28)33-21(17)34)20(37)13-5-16(9-29-7-13)32-19(36)6-15-4-3-14(8-30-15)24(25,26)27/h3-5,7-11,35H,6,12H2,1-2H3,(H,32,36)(H2,28,31,33). The number of hydrogen-bond acceptors (Lipinski definition) is 8. The summed E-state index contributed by atoms with van der Waals surface area (Å²) in [4.78, 5) is 41.7. The summed E-state index contributed by atoms with van der Waals surface area (Å²) in [5.41, 5.74) is 5.15. The Bertz CT molecular complexity index is 1480. The molecule has 4 aromatic rings. The molecular weight excluding hydrogens is 491 g/mol. The van der Waals surface area contributed by atoms with E-state index in [-0.39, 0.29) is 41.5 Å². The second-order valence-electron chi connectivity index (χ2n) is 8.90. The van der Waals surface area contributed by atoms with Crippen LogP contribution in [-0.4, -0.2) is 47.9 Å². The highest BCUT2D eigenvalue weighted by molar-refractivity contribution is 6.16. The first kappa shape index (κ1) is 25.7. The number of carbonyl (C=O) groups is 2. The predicted molar refractivity (Wildman–Crippen MR) is 128 cm³/mol. The summed E-state index contributed by atoms with van der Waals surface area (Å²) in [6, 6.07) is 3.40. The van der Waals surface area contributed by atoms with E-state index in [2.05, 4.69) is 25.3 Å². The molecule has 0 spiro atoms. The summed E-state index contributed by atoms with van der Waals surface area (Å²) in [7, 11) is 0. The first-order chi connectivity index (χ1) is 17.4. The number of nitrogens with zero attached hydrogens (tertiary/aromatic N) is 5. The van der Waals surface area contributed by atoms with E-state index in [0.717, 1.165) is 12.1 Å². The minimum Gasteiger partial charge on any atom is -0.394 e. The monoisotopic (exact) mass is 513 g/mol. The summed E-state index contributed by atoms with van der Waals surface area (Å²) in [6.07, 6.45) is 1.49. The van der Waals surface area contributed by atoms with Gasteiger partial charge >= 0.3 is 6.18 Å². The van der Waals surface area contributed by atoms with Gasteiger partial charge in [-0.15, -0.1) is 0 Å². The third-order valence-corrected chi connectivity index (χ3v) is 5.63. The minimum absolute atomic E-state index is 0.00787. The van der Waals surface area contributed by atoms with Gasteiger partial charge in [-0.1, -0.05) is 0 Å². The molecular formula is C24H22F3N7O3. The van der Waals surface area contributed by atoms with Gasteiger partial charge in [0, 0.05) is 41.4 Å². The molecule has 4 heterocycles. The van der Waals surface area contributed by atoms with Crippen molar-refractivity contribution in [1.29, 1.82) is 0 Å². The summed E-state index contributed by atoms with van der Waals surface area (Å²) in [6.45, 7) is 3.30. The van der Waals surface area contributed by atoms with E-state index in [9.17, 15) is 27.9 Å². The third kappa shape index (κ3) is 5.40. The Hall–Kier alpha value is -4.39. The SMILES string of the molecule is CC(C)(CO)n1cc(C(=O)c2cncc(NC(=O)Cc3ccc(C(F)(F)F)cn3)c2)c2cnc(N)nc21. The van der Waals surface area contributed by atoms with Gasteiger partial charge < -0.3 is 20.7 Å². The average molecular weight is 513 g/mol. The van der Waals surface area contributed by atoms with Gasteiger partial charge in [0.1, 0.15) is 5.65 Å². The minimum atomic E-state index is -4.52. The lowest BCUT2D eigenvalue weighted by Crippen LogP contribution is -2.30. The van der Waals surface area contributed by atoms with E-state index in [4.69, 9.17) is 5.73 Å². The van der Waals surface area contributed by atoms with Crippen molar-refractivity contribution in [1.82, 2.24) is 24.5 Å². The molecule has 13 heteroatoms. The number of halogens is 3. The number of carbonyl (C=O) groups excluding carboxylic acids is 2. The zero-order chi connectivity index (χ0) is 27.0. The van der Waals surface area contributed by atoms with Crippen molar-refractivity contribution in [3.8, 4) is 0 Å². The van der Waals surface area contributed by atoms with Crippen LogP contribution >= 0.6 is 0 Å². The average Bonchev–Trinajstić information content (AvgIpc) is 3.23. The second kappa shape index (κ2) is 9.58. The molecule has 4 aromatic heterocycles. The molecule has 0 aliphatic carbocycles. The number of ketones is 1. The number of aliphatic hydroxyl groups excluding tert-OH is 1. The van der Waals surface area contributed by atoms with E-state index >= 15 is 0 Å². The van der Waals surface area contributed by atoms with Gasteiger partial charge in [0.15, 0.2) is 5.78 Å². The number of alkyl halides is 3. The van der Waals surface area contributed by atoms with Crippen LogP contribution < -0.4 is 11.1 Å². The molecule has 0 radical (unpaired) electrons. The zero-order valence-corrected chi connectivity index (χ0v) is 19.7. The molecule has 4 N–H and O–H groups in total. The molecule has 0 aliphatic rings. The van der Waals surface area contributed by atoms with Crippen molar-refractivity contribution in [2.75, 3.05) is 17.7 Å². The molecule has 0 atom stereocenters. The van der Waals surface area contributed by atoms with E-state index in [1.54, 1.807) is 24.6 Å². The highest BCUT2D eigenvalue weighted by Crippen LogP contribution is 2.29. The van der Waals surface area contributed by atoms with Gasteiger partial charge in [0.05, 0.1) is 41.6 Å². The number of anilines is 2. The first-order valence-electron chi connectivity index (χ1n) is 11.0. The van der Waals surface area contributed by atoms with Gasteiger partial charge in [0.2, 0.25) is 11.9 Å². The van der Waals surface area contributed by atoms with Crippen LogP contribution in [0.4, 0.5) is 24.8 Å². The smallest absolute Gasteiger partial charge is 0.394 e. The highest BCUT2D eigenvalue weighted by Gasteiger charge is 2.31. The zero-order valence-electron chi connectivity index (χ0n) is 19.7. The number of nitrogens with two attached hydrogens (primary N) is 1. The number of hydrogen-bond donors (Lipinski definition) is 3. The normalized spacial score (nSPS) is 12.1. The Balaban J connectivity index is 1.57. The van der Waals surface area contributed by atoms with E-state index in [1.807, 2.05) is 0 Å². The van der Waals surface area contributed by atoms with Crippen molar-refractivity contribution in [3.63, 3.8) is 0 Å². The Morgan fingerprint density at radius 3 is 2.51 bits per heavy atom. The lowest BCUT2D eigenvalue weighted by molar-refractivity contribution is -0.137. The largest absolute Gasteiger partial charge is 0.417 e. The molecule has 0 aromatic carbocycles. The van der Waals surface area contributed by atoms with Crippen molar-refractivity contribution in [2.24, 2.45) is 0 Å². The van der Waals surface area contributed by atoms with Crippen molar-refractivity contribution >= 4 is 34.4 Å². The van der Waals surface area contributed by atoms with Crippen LogP contribution in [-0.2, 0) is 22.9 Å². The Morgan fingerprint density at radius 1 is 1.11 bits per heavy atom. The maximum absolute atomic E-state index is 13.4. The van der Waals surface area contributed by atoms with Crippen LogP contribution in [0.15, 0.2) is 49.2 Å². The molecule has 0 fully saturated rings. The Labute approximate surface area is 208 Å². The summed E-state index contributed by atoms with van der Waals surface area (Å²) < 4.78 is 39.7. The van der Waals surface area contributed by atoms with Gasteiger partial charge in [-0.05, 0) is 32.0 Å². The van der Waals surface area contributed by atoms with Gasteiger partial charge in [-0.2, -0.15) is 18.2 Å². The predicted octanol–water partition coefficient (Wildman–Crippen LogP) is 2.96. The molecule has 0 unspecified atom stereocenters. The van der Waals surface area contributed by atoms with E-state index in [1.165, 1.54) is 24.7 Å². The number of aromatic nitrogens is 5. The lowest BCUT2D eigenvalue weighted by Gasteiger charge is -2.24. The second-order valence-corrected chi connectivity index (χ2v) is 8.90. The number of nitrogens with one attached hydrogen (secondary N) is 1. The van der Waals surface area contributed by atoms with Gasteiger partial charge in [-0.25, -0.2) is 4.98 Å². The Kier molecular flexibility index (Phi) is 6.65. The fraction of sp³-hybridized carbons (Fsp3) is 0.250. The molecule has 0 saturated carbocycles. The number of rotatable bonds is 7. The summed E-state index contributed by atoms with van der Waals surface area (Å²) in [5.74, 6) is -0.976. The van der Waals surface area contributed by atoms with Gasteiger partial charge in [0.25, 0.3) is 0 Å². The van der Waals surface area contributed by atoms with Crippen molar-refractivity contribution in [2.45, 2.75) is 32.0 Å². The maximum Gasteiger partial charge on any atom is 0.417 e.